The maximum atomic E-state index is 9.37. The van der Waals surface area contributed by atoms with Gasteiger partial charge in [-0.15, -0.1) is 0 Å². The molecule has 0 radical (unpaired) electrons. The molecule has 0 aliphatic heterocycles. The number of hydrogen-bond donors (Lipinski definition) is 2. The van der Waals surface area contributed by atoms with Gasteiger partial charge in [0.05, 0.1) is 11.7 Å². The maximum Gasteiger partial charge on any atom is 0.0662 e. The van der Waals surface area contributed by atoms with Crippen LogP contribution in [0, 0.1) is 0 Å². The van der Waals surface area contributed by atoms with Gasteiger partial charge in [-0.05, 0) is 33.6 Å². The number of ether oxygens (including phenoxy) is 1. The summed E-state index contributed by atoms with van der Waals surface area (Å²) in [6.45, 7) is 8.90. The van der Waals surface area contributed by atoms with Gasteiger partial charge in [-0.25, -0.2) is 0 Å². The molecule has 86 valence electrons. The summed E-state index contributed by atoms with van der Waals surface area (Å²) in [5.41, 5.74) is -0.0937. The first kappa shape index (κ1) is 13.9. The van der Waals surface area contributed by atoms with E-state index in [9.17, 15) is 5.11 Å². The van der Waals surface area contributed by atoms with Crippen molar-refractivity contribution in [3.63, 3.8) is 0 Å². The van der Waals surface area contributed by atoms with E-state index in [1.54, 1.807) is 7.11 Å². The van der Waals surface area contributed by atoms with Crippen molar-refractivity contribution >= 4 is 0 Å². The Labute approximate surface area is 87.8 Å². The molecule has 14 heavy (non-hydrogen) atoms. The largest absolute Gasteiger partial charge is 0.392 e. The summed E-state index contributed by atoms with van der Waals surface area (Å²) in [6, 6.07) is 0.367. The Balaban J connectivity index is 3.70. The fraction of sp³-hybridized carbons (Fsp3) is 1.00. The van der Waals surface area contributed by atoms with Crippen LogP contribution in [0.2, 0.25) is 0 Å². The molecule has 2 unspecified atom stereocenters. The highest BCUT2D eigenvalue weighted by molar-refractivity contribution is 4.75. The van der Waals surface area contributed by atoms with Crippen LogP contribution in [0.4, 0.5) is 0 Å². The van der Waals surface area contributed by atoms with Gasteiger partial charge in [0.25, 0.3) is 0 Å². The lowest BCUT2D eigenvalue weighted by Crippen LogP contribution is -2.39. The summed E-state index contributed by atoms with van der Waals surface area (Å²) in [5, 5.41) is 12.7. The van der Waals surface area contributed by atoms with E-state index in [0.29, 0.717) is 12.6 Å². The van der Waals surface area contributed by atoms with Crippen molar-refractivity contribution in [2.75, 3.05) is 13.7 Å². The lowest BCUT2D eigenvalue weighted by molar-refractivity contribution is 0.00753. The van der Waals surface area contributed by atoms with E-state index in [0.717, 1.165) is 12.8 Å². The number of nitrogens with one attached hydrogen (secondary N) is 1. The van der Waals surface area contributed by atoms with Crippen LogP contribution < -0.4 is 5.32 Å². The highest BCUT2D eigenvalue weighted by Crippen LogP contribution is 2.15. The van der Waals surface area contributed by atoms with Crippen LogP contribution in [0.1, 0.15) is 40.5 Å². The summed E-state index contributed by atoms with van der Waals surface area (Å²) in [7, 11) is 1.73. The Morgan fingerprint density at radius 1 is 1.43 bits per heavy atom. The highest BCUT2D eigenvalue weighted by atomic mass is 16.5. The Hall–Kier alpha value is -0.120. The summed E-state index contributed by atoms with van der Waals surface area (Å²) in [4.78, 5) is 0. The molecule has 0 aromatic rings. The zero-order chi connectivity index (χ0) is 11.2. The smallest absolute Gasteiger partial charge is 0.0662 e. The van der Waals surface area contributed by atoms with Gasteiger partial charge < -0.3 is 15.2 Å². The first-order valence-electron chi connectivity index (χ1n) is 5.38. The zero-order valence-corrected chi connectivity index (χ0v) is 10.1. The van der Waals surface area contributed by atoms with Crippen LogP contribution in [0.25, 0.3) is 0 Å². The maximum absolute atomic E-state index is 9.37. The third-order valence-corrected chi connectivity index (χ3v) is 2.52. The van der Waals surface area contributed by atoms with E-state index in [-0.39, 0.29) is 11.7 Å². The zero-order valence-electron chi connectivity index (χ0n) is 10.1. The molecule has 0 aromatic carbocycles. The number of aliphatic hydroxyl groups excluding tert-OH is 1. The predicted molar refractivity (Wildman–Crippen MR) is 59.5 cm³/mol. The molecule has 0 saturated carbocycles. The Morgan fingerprint density at radius 3 is 2.43 bits per heavy atom. The van der Waals surface area contributed by atoms with Gasteiger partial charge in [-0.3, -0.25) is 0 Å². The molecule has 0 aliphatic rings. The molecular formula is C11H25NO2. The van der Waals surface area contributed by atoms with Gasteiger partial charge in [-0.2, -0.15) is 0 Å². The normalized spacial score (nSPS) is 16.7. The second-order valence-electron chi connectivity index (χ2n) is 4.54. The van der Waals surface area contributed by atoms with Gasteiger partial charge in [0, 0.05) is 19.7 Å². The fourth-order valence-electron chi connectivity index (χ4n) is 1.37. The first-order chi connectivity index (χ1) is 6.41. The molecule has 0 bridgehead atoms. The molecule has 0 amide bonds. The summed E-state index contributed by atoms with van der Waals surface area (Å²) in [5.74, 6) is 0. The van der Waals surface area contributed by atoms with Crippen molar-refractivity contribution < 1.29 is 9.84 Å². The average Bonchev–Trinajstić information content (AvgIpc) is 2.13. The Morgan fingerprint density at radius 2 is 2.00 bits per heavy atom. The molecule has 0 heterocycles. The van der Waals surface area contributed by atoms with E-state index in [1.807, 2.05) is 6.92 Å². The Bertz CT molecular complexity index is 148. The van der Waals surface area contributed by atoms with Crippen molar-refractivity contribution in [2.24, 2.45) is 0 Å². The van der Waals surface area contributed by atoms with Gasteiger partial charge in [0.15, 0.2) is 0 Å². The minimum atomic E-state index is -0.233. The summed E-state index contributed by atoms with van der Waals surface area (Å²) in [6.07, 6.45) is 1.51. The van der Waals surface area contributed by atoms with Gasteiger partial charge in [0.2, 0.25) is 0 Å². The molecule has 3 nitrogen and oxygen atoms in total. The number of methoxy groups -OCH3 is 1. The van der Waals surface area contributed by atoms with Crippen molar-refractivity contribution in [1.29, 1.82) is 0 Å². The SMILES string of the molecule is CCC(O)CNC(C)CC(C)(C)OC. The van der Waals surface area contributed by atoms with Gasteiger partial charge >= 0.3 is 0 Å². The van der Waals surface area contributed by atoms with E-state index in [2.05, 4.69) is 26.1 Å². The van der Waals surface area contributed by atoms with Crippen LogP contribution in [0.3, 0.4) is 0 Å². The quantitative estimate of drug-likeness (QED) is 0.659. The van der Waals surface area contributed by atoms with Crippen LogP contribution in [0.5, 0.6) is 0 Å². The molecule has 2 N–H and O–H groups in total. The molecule has 3 heteroatoms. The summed E-state index contributed by atoms with van der Waals surface area (Å²) < 4.78 is 5.34. The second-order valence-corrected chi connectivity index (χ2v) is 4.54. The third kappa shape index (κ3) is 6.35. The molecule has 0 rings (SSSR count). The van der Waals surface area contributed by atoms with E-state index in [4.69, 9.17) is 4.74 Å². The van der Waals surface area contributed by atoms with Crippen LogP contribution >= 0.6 is 0 Å². The van der Waals surface area contributed by atoms with E-state index >= 15 is 0 Å². The monoisotopic (exact) mass is 203 g/mol. The first-order valence-corrected chi connectivity index (χ1v) is 5.38. The number of aliphatic hydroxyl groups is 1. The van der Waals surface area contributed by atoms with Gasteiger partial charge in [-0.1, -0.05) is 6.92 Å². The molecular weight excluding hydrogens is 178 g/mol. The minimum Gasteiger partial charge on any atom is -0.392 e. The molecule has 2 atom stereocenters. The van der Waals surface area contributed by atoms with E-state index in [1.165, 1.54) is 0 Å². The van der Waals surface area contributed by atoms with Crippen LogP contribution in [-0.4, -0.2) is 36.5 Å². The number of hydrogen-bond acceptors (Lipinski definition) is 3. The average molecular weight is 203 g/mol. The van der Waals surface area contributed by atoms with Crippen molar-refractivity contribution in [2.45, 2.75) is 58.3 Å². The molecule has 0 saturated heterocycles. The van der Waals surface area contributed by atoms with E-state index < -0.39 is 0 Å². The standard InChI is InChI=1S/C11H25NO2/c1-6-10(13)8-12-9(2)7-11(3,4)14-5/h9-10,12-13H,6-8H2,1-5H3. The molecule has 0 spiro atoms. The predicted octanol–water partition coefficient (Wildman–Crippen LogP) is 1.55. The summed E-state index contributed by atoms with van der Waals surface area (Å²) >= 11 is 0. The lowest BCUT2D eigenvalue weighted by atomic mass is 10.00. The lowest BCUT2D eigenvalue weighted by Gasteiger charge is -2.27. The third-order valence-electron chi connectivity index (χ3n) is 2.52. The van der Waals surface area contributed by atoms with Crippen LogP contribution in [0.15, 0.2) is 0 Å². The molecule has 0 aliphatic carbocycles. The topological polar surface area (TPSA) is 41.5 Å². The van der Waals surface area contributed by atoms with Crippen molar-refractivity contribution in [3.8, 4) is 0 Å². The fourth-order valence-corrected chi connectivity index (χ4v) is 1.37. The molecule has 0 aromatic heterocycles. The minimum absolute atomic E-state index is 0.0937. The van der Waals surface area contributed by atoms with Crippen molar-refractivity contribution in [1.82, 2.24) is 5.32 Å². The molecule has 0 fully saturated rings. The highest BCUT2D eigenvalue weighted by Gasteiger charge is 2.19. The second kappa shape index (κ2) is 6.38. The van der Waals surface area contributed by atoms with Crippen LogP contribution in [-0.2, 0) is 4.74 Å². The number of rotatable bonds is 7. The van der Waals surface area contributed by atoms with Crippen molar-refractivity contribution in [3.05, 3.63) is 0 Å². The Kier molecular flexibility index (Phi) is 6.33. The van der Waals surface area contributed by atoms with Gasteiger partial charge in [0.1, 0.15) is 0 Å².